The van der Waals surface area contributed by atoms with E-state index in [9.17, 15) is 0 Å². The highest BCUT2D eigenvalue weighted by Gasteiger charge is 2.01. The van der Waals surface area contributed by atoms with Crippen molar-refractivity contribution in [2.45, 2.75) is 0 Å². The number of aromatic nitrogens is 2. The molecule has 0 saturated heterocycles. The van der Waals surface area contributed by atoms with E-state index in [4.69, 9.17) is 9.47 Å². The van der Waals surface area contributed by atoms with Gasteiger partial charge in [-0.25, -0.2) is 4.98 Å². The topological polar surface area (TPSA) is 36.3 Å². The van der Waals surface area contributed by atoms with Gasteiger partial charge in [0.25, 0.3) is 0 Å². The molecule has 0 spiro atoms. The van der Waals surface area contributed by atoms with Crippen LogP contribution in [0.4, 0.5) is 0 Å². The third-order valence-corrected chi connectivity index (χ3v) is 3.59. The van der Waals surface area contributed by atoms with Crippen LogP contribution in [0.25, 0.3) is 23.2 Å². The zero-order valence-electron chi connectivity index (χ0n) is 12.9. The maximum atomic E-state index is 5.28. The van der Waals surface area contributed by atoms with Gasteiger partial charge in [-0.3, -0.25) is 0 Å². The molecule has 4 nitrogen and oxygen atoms in total. The van der Waals surface area contributed by atoms with E-state index in [0.717, 1.165) is 33.7 Å². The SMILES string of the molecule is COc1cc(C=Cc2ccc3c(c2)ncn3C)cc(OC)c1. The number of hydrogen-bond acceptors (Lipinski definition) is 3. The molecule has 0 unspecified atom stereocenters. The Morgan fingerprint density at radius 3 is 2.27 bits per heavy atom. The third kappa shape index (κ3) is 2.81. The number of nitrogens with zero attached hydrogens (tertiary/aromatic N) is 2. The zero-order valence-corrected chi connectivity index (χ0v) is 12.9. The van der Waals surface area contributed by atoms with Crippen molar-refractivity contribution < 1.29 is 9.47 Å². The number of aryl methyl sites for hydroxylation is 1. The van der Waals surface area contributed by atoms with Gasteiger partial charge in [0.2, 0.25) is 0 Å². The van der Waals surface area contributed by atoms with Gasteiger partial charge in [-0.2, -0.15) is 0 Å². The van der Waals surface area contributed by atoms with Gasteiger partial charge in [-0.1, -0.05) is 18.2 Å². The van der Waals surface area contributed by atoms with Gasteiger partial charge in [0.1, 0.15) is 11.5 Å². The molecule has 0 aliphatic heterocycles. The Hall–Kier alpha value is -2.75. The highest BCUT2D eigenvalue weighted by molar-refractivity contribution is 5.81. The third-order valence-electron chi connectivity index (χ3n) is 3.59. The second-order valence-electron chi connectivity index (χ2n) is 5.08. The molecule has 2 aromatic carbocycles. The molecule has 3 rings (SSSR count). The van der Waals surface area contributed by atoms with E-state index in [1.54, 1.807) is 14.2 Å². The summed E-state index contributed by atoms with van der Waals surface area (Å²) in [4.78, 5) is 4.38. The summed E-state index contributed by atoms with van der Waals surface area (Å²) in [5, 5.41) is 0. The van der Waals surface area contributed by atoms with Crippen LogP contribution in [0.3, 0.4) is 0 Å². The first kappa shape index (κ1) is 14.2. The quantitative estimate of drug-likeness (QED) is 0.687. The van der Waals surface area contributed by atoms with Crippen molar-refractivity contribution in [3.05, 3.63) is 53.9 Å². The Balaban J connectivity index is 1.91. The predicted octanol–water partition coefficient (Wildman–Crippen LogP) is 3.76. The van der Waals surface area contributed by atoms with Crippen LogP contribution in [0.15, 0.2) is 42.7 Å². The highest BCUT2D eigenvalue weighted by Crippen LogP contribution is 2.24. The molecule has 1 aromatic heterocycles. The Morgan fingerprint density at radius 2 is 1.59 bits per heavy atom. The van der Waals surface area contributed by atoms with Crippen LogP contribution < -0.4 is 9.47 Å². The van der Waals surface area contributed by atoms with Gasteiger partial charge < -0.3 is 14.0 Å². The fraction of sp³-hybridized carbons (Fsp3) is 0.167. The second-order valence-corrected chi connectivity index (χ2v) is 5.08. The smallest absolute Gasteiger partial charge is 0.123 e. The summed E-state index contributed by atoms with van der Waals surface area (Å²) in [5.74, 6) is 1.55. The minimum atomic E-state index is 0.777. The standard InChI is InChI=1S/C18H18N2O2/c1-20-12-19-17-10-13(6-7-18(17)20)4-5-14-8-15(21-2)11-16(9-14)22-3/h4-12H,1-3H3. The van der Waals surface area contributed by atoms with Gasteiger partial charge in [-0.15, -0.1) is 0 Å². The van der Waals surface area contributed by atoms with Gasteiger partial charge in [0.15, 0.2) is 0 Å². The number of methoxy groups -OCH3 is 2. The van der Waals surface area contributed by atoms with Gasteiger partial charge >= 0.3 is 0 Å². The zero-order chi connectivity index (χ0) is 15.5. The molecule has 0 aliphatic rings. The Morgan fingerprint density at radius 1 is 0.909 bits per heavy atom. The van der Waals surface area contributed by atoms with E-state index in [2.05, 4.69) is 29.3 Å². The van der Waals surface area contributed by atoms with Crippen molar-refractivity contribution >= 4 is 23.2 Å². The van der Waals surface area contributed by atoms with Crippen LogP contribution in [0, 0.1) is 0 Å². The predicted molar refractivity (Wildman–Crippen MR) is 89.2 cm³/mol. The van der Waals surface area contributed by atoms with E-state index >= 15 is 0 Å². The molecule has 0 amide bonds. The summed E-state index contributed by atoms with van der Waals surface area (Å²) in [6.45, 7) is 0. The molecule has 0 aliphatic carbocycles. The van der Waals surface area contributed by atoms with Crippen LogP contribution in [0.2, 0.25) is 0 Å². The minimum absolute atomic E-state index is 0.777. The molecule has 0 atom stereocenters. The van der Waals surface area contributed by atoms with Crippen molar-refractivity contribution in [2.75, 3.05) is 14.2 Å². The summed E-state index contributed by atoms with van der Waals surface area (Å²) < 4.78 is 12.6. The molecule has 0 N–H and O–H groups in total. The van der Waals surface area contributed by atoms with Crippen molar-refractivity contribution in [3.8, 4) is 11.5 Å². The fourth-order valence-corrected chi connectivity index (χ4v) is 2.37. The van der Waals surface area contributed by atoms with Crippen molar-refractivity contribution in [1.29, 1.82) is 0 Å². The summed E-state index contributed by atoms with van der Waals surface area (Å²) >= 11 is 0. The van der Waals surface area contributed by atoms with E-state index < -0.39 is 0 Å². The summed E-state index contributed by atoms with van der Waals surface area (Å²) in [5.41, 5.74) is 4.25. The van der Waals surface area contributed by atoms with Crippen LogP contribution in [0.1, 0.15) is 11.1 Å². The van der Waals surface area contributed by atoms with Gasteiger partial charge in [0.05, 0.1) is 31.6 Å². The summed E-state index contributed by atoms with van der Waals surface area (Å²) in [7, 11) is 5.29. The van der Waals surface area contributed by atoms with Crippen molar-refractivity contribution in [3.63, 3.8) is 0 Å². The number of rotatable bonds is 4. The molecule has 0 saturated carbocycles. The number of fused-ring (bicyclic) bond motifs is 1. The molecule has 0 bridgehead atoms. The molecular weight excluding hydrogens is 276 g/mol. The maximum Gasteiger partial charge on any atom is 0.123 e. The molecule has 0 fully saturated rings. The Kier molecular flexibility index (Phi) is 3.83. The van der Waals surface area contributed by atoms with Gasteiger partial charge in [0, 0.05) is 13.1 Å². The van der Waals surface area contributed by atoms with Crippen molar-refractivity contribution in [1.82, 2.24) is 9.55 Å². The largest absolute Gasteiger partial charge is 0.497 e. The first-order valence-corrected chi connectivity index (χ1v) is 7.02. The molecule has 1 heterocycles. The number of ether oxygens (including phenoxy) is 2. The molecule has 22 heavy (non-hydrogen) atoms. The first-order chi connectivity index (χ1) is 10.7. The first-order valence-electron chi connectivity index (χ1n) is 7.02. The van der Waals surface area contributed by atoms with E-state index in [-0.39, 0.29) is 0 Å². The lowest BCUT2D eigenvalue weighted by Gasteiger charge is -2.05. The molecule has 3 aromatic rings. The lowest BCUT2D eigenvalue weighted by atomic mass is 10.1. The molecule has 4 heteroatoms. The molecule has 0 radical (unpaired) electrons. The average molecular weight is 294 g/mol. The second kappa shape index (κ2) is 5.93. The monoisotopic (exact) mass is 294 g/mol. The normalized spacial score (nSPS) is 11.2. The van der Waals surface area contributed by atoms with Crippen LogP contribution in [-0.2, 0) is 7.05 Å². The summed E-state index contributed by atoms with van der Waals surface area (Å²) in [6.07, 6.45) is 5.92. The van der Waals surface area contributed by atoms with Crippen LogP contribution in [0.5, 0.6) is 11.5 Å². The average Bonchev–Trinajstić information content (AvgIpc) is 2.93. The lowest BCUT2D eigenvalue weighted by molar-refractivity contribution is 0.394. The van der Waals surface area contributed by atoms with Crippen LogP contribution >= 0.6 is 0 Å². The molecular formula is C18H18N2O2. The molecule has 112 valence electrons. The van der Waals surface area contributed by atoms with Crippen LogP contribution in [-0.4, -0.2) is 23.8 Å². The minimum Gasteiger partial charge on any atom is -0.497 e. The van der Waals surface area contributed by atoms with Gasteiger partial charge in [-0.05, 0) is 35.4 Å². The van der Waals surface area contributed by atoms with E-state index in [0.29, 0.717) is 0 Å². The summed E-state index contributed by atoms with van der Waals surface area (Å²) in [6, 6.07) is 12.0. The number of benzene rings is 2. The highest BCUT2D eigenvalue weighted by atomic mass is 16.5. The number of imidazole rings is 1. The fourth-order valence-electron chi connectivity index (χ4n) is 2.37. The Bertz CT molecular complexity index is 812. The van der Waals surface area contributed by atoms with E-state index in [1.807, 2.05) is 42.2 Å². The van der Waals surface area contributed by atoms with Crippen molar-refractivity contribution in [2.24, 2.45) is 7.05 Å². The van der Waals surface area contributed by atoms with E-state index in [1.165, 1.54) is 0 Å². The number of hydrogen-bond donors (Lipinski definition) is 0. The maximum absolute atomic E-state index is 5.28. The lowest BCUT2D eigenvalue weighted by Crippen LogP contribution is -1.88. The Labute approximate surface area is 129 Å².